The van der Waals surface area contributed by atoms with E-state index in [1.165, 1.54) is 7.11 Å². The molecule has 3 unspecified atom stereocenters. The minimum absolute atomic E-state index is 0.0445. The van der Waals surface area contributed by atoms with E-state index in [1.807, 2.05) is 16.8 Å². The van der Waals surface area contributed by atoms with Crippen LogP contribution in [-0.2, 0) is 29.5 Å². The number of ether oxygens (including phenoxy) is 1. The van der Waals surface area contributed by atoms with E-state index in [-0.39, 0.29) is 18.8 Å². The zero-order chi connectivity index (χ0) is 14.4. The predicted octanol–water partition coefficient (Wildman–Crippen LogP) is 3.99. The molecule has 0 bridgehead atoms. The van der Waals surface area contributed by atoms with Gasteiger partial charge in [0, 0.05) is 14.2 Å². The van der Waals surface area contributed by atoms with Crippen molar-refractivity contribution in [2.75, 3.05) is 14.2 Å². The number of phosphoric ester groups is 1. The quantitative estimate of drug-likeness (QED) is 0.711. The van der Waals surface area contributed by atoms with Crippen LogP contribution in [0.15, 0.2) is 16.8 Å². The summed E-state index contributed by atoms with van der Waals surface area (Å²) in [5, 5.41) is 3.89. The molecule has 2 rings (SSSR count). The lowest BCUT2D eigenvalue weighted by Crippen LogP contribution is -2.33. The lowest BCUT2D eigenvalue weighted by Gasteiger charge is -2.31. The van der Waals surface area contributed by atoms with Crippen LogP contribution in [0.25, 0.3) is 0 Å². The fourth-order valence-electron chi connectivity index (χ4n) is 2.27. The largest absolute Gasteiger partial charge is 0.475 e. The standard InChI is InChI=1S/C13H21O5PS/c1-15-12-5-3-4-6-13(12)18-19(14,16-2)17-9-11-7-8-20-10-11/h7-8,10,12-13H,3-6,9H2,1-2H3. The number of hydrogen-bond donors (Lipinski definition) is 0. The van der Waals surface area contributed by atoms with Crippen molar-refractivity contribution in [3.63, 3.8) is 0 Å². The molecule has 0 N–H and O–H groups in total. The molecule has 0 amide bonds. The van der Waals surface area contributed by atoms with E-state index in [0.717, 1.165) is 31.2 Å². The maximum Gasteiger partial charge on any atom is 0.475 e. The van der Waals surface area contributed by atoms with E-state index in [0.29, 0.717) is 0 Å². The molecule has 0 aromatic carbocycles. The summed E-state index contributed by atoms with van der Waals surface area (Å²) in [5.41, 5.74) is 0.961. The lowest BCUT2D eigenvalue weighted by molar-refractivity contribution is -0.0410. The number of hydrogen-bond acceptors (Lipinski definition) is 6. The maximum absolute atomic E-state index is 12.5. The molecule has 0 aliphatic heterocycles. The summed E-state index contributed by atoms with van der Waals surface area (Å²) in [7, 11) is -0.540. The number of methoxy groups -OCH3 is 1. The van der Waals surface area contributed by atoms with Gasteiger partial charge in [-0.3, -0.25) is 13.6 Å². The Morgan fingerprint density at radius 2 is 2.05 bits per heavy atom. The zero-order valence-corrected chi connectivity index (χ0v) is 13.5. The van der Waals surface area contributed by atoms with Crippen LogP contribution in [0, 0.1) is 0 Å². The third kappa shape index (κ3) is 4.38. The minimum Gasteiger partial charge on any atom is -0.379 e. The zero-order valence-electron chi connectivity index (χ0n) is 11.8. The number of phosphoric acid groups is 1. The van der Waals surface area contributed by atoms with E-state index >= 15 is 0 Å². The van der Waals surface area contributed by atoms with Crippen LogP contribution in [0.2, 0.25) is 0 Å². The van der Waals surface area contributed by atoms with Crippen LogP contribution in [-0.4, -0.2) is 26.4 Å². The molecular weight excluding hydrogens is 299 g/mol. The van der Waals surface area contributed by atoms with Crippen LogP contribution >= 0.6 is 19.2 Å². The lowest BCUT2D eigenvalue weighted by atomic mass is 9.95. The SMILES string of the molecule is COC1CCCCC1OP(=O)(OC)OCc1ccsc1. The van der Waals surface area contributed by atoms with Crippen molar-refractivity contribution >= 4 is 19.2 Å². The Labute approximate surface area is 123 Å². The summed E-state index contributed by atoms with van der Waals surface area (Å²) < 4.78 is 33.9. The van der Waals surface area contributed by atoms with E-state index < -0.39 is 7.82 Å². The fraction of sp³-hybridized carbons (Fsp3) is 0.692. The van der Waals surface area contributed by atoms with Gasteiger partial charge in [-0.25, -0.2) is 4.57 Å². The average Bonchev–Trinajstić information content (AvgIpc) is 2.99. The molecule has 1 fully saturated rings. The van der Waals surface area contributed by atoms with Gasteiger partial charge in [-0.2, -0.15) is 11.3 Å². The van der Waals surface area contributed by atoms with Gasteiger partial charge in [-0.15, -0.1) is 0 Å². The number of rotatable bonds is 7. The Kier molecular flexibility index (Phi) is 6.20. The Morgan fingerprint density at radius 1 is 1.30 bits per heavy atom. The molecule has 1 aliphatic rings. The summed E-state index contributed by atoms with van der Waals surface area (Å²) in [5.74, 6) is 0. The van der Waals surface area contributed by atoms with Gasteiger partial charge in [-0.1, -0.05) is 12.8 Å². The molecule has 114 valence electrons. The Balaban J connectivity index is 1.93. The van der Waals surface area contributed by atoms with E-state index in [9.17, 15) is 4.57 Å². The molecule has 1 aliphatic carbocycles. The molecule has 1 aromatic rings. The van der Waals surface area contributed by atoms with Gasteiger partial charge in [-0.05, 0) is 35.2 Å². The van der Waals surface area contributed by atoms with Crippen molar-refractivity contribution in [1.29, 1.82) is 0 Å². The van der Waals surface area contributed by atoms with E-state index in [1.54, 1.807) is 18.4 Å². The second-order valence-corrected chi connectivity index (χ2v) is 7.25. The molecule has 1 aromatic heterocycles. The summed E-state index contributed by atoms with van der Waals surface area (Å²) in [4.78, 5) is 0. The van der Waals surface area contributed by atoms with Crippen LogP contribution in [0.1, 0.15) is 31.2 Å². The maximum atomic E-state index is 12.5. The van der Waals surface area contributed by atoms with Gasteiger partial charge >= 0.3 is 7.82 Å². The van der Waals surface area contributed by atoms with Crippen LogP contribution in [0.4, 0.5) is 0 Å². The molecular formula is C13H21O5PS. The molecule has 5 nitrogen and oxygen atoms in total. The van der Waals surface area contributed by atoms with Gasteiger partial charge in [0.2, 0.25) is 0 Å². The van der Waals surface area contributed by atoms with Gasteiger partial charge < -0.3 is 4.74 Å². The first-order chi connectivity index (χ1) is 9.67. The molecule has 7 heteroatoms. The average molecular weight is 320 g/mol. The third-order valence-corrected chi connectivity index (χ3v) is 5.56. The van der Waals surface area contributed by atoms with Crippen molar-refractivity contribution in [2.24, 2.45) is 0 Å². The fourth-order valence-corrected chi connectivity index (χ4v) is 4.06. The van der Waals surface area contributed by atoms with Gasteiger partial charge in [0.15, 0.2) is 0 Å². The van der Waals surface area contributed by atoms with Gasteiger partial charge in [0.1, 0.15) is 0 Å². The molecule has 0 saturated heterocycles. The van der Waals surface area contributed by atoms with Crippen molar-refractivity contribution in [3.8, 4) is 0 Å². The van der Waals surface area contributed by atoms with Crippen molar-refractivity contribution in [1.82, 2.24) is 0 Å². The summed E-state index contributed by atoms with van der Waals surface area (Å²) in [6, 6.07) is 1.92. The van der Waals surface area contributed by atoms with Gasteiger partial charge in [0.05, 0.1) is 18.8 Å². The smallest absolute Gasteiger partial charge is 0.379 e. The molecule has 20 heavy (non-hydrogen) atoms. The Bertz CT molecular complexity index is 436. The van der Waals surface area contributed by atoms with Crippen molar-refractivity contribution < 1.29 is 22.9 Å². The first-order valence-corrected chi connectivity index (χ1v) is 9.10. The highest BCUT2D eigenvalue weighted by atomic mass is 32.1. The molecule has 3 atom stereocenters. The molecule has 0 spiro atoms. The first-order valence-electron chi connectivity index (χ1n) is 6.69. The van der Waals surface area contributed by atoms with Crippen molar-refractivity contribution in [3.05, 3.63) is 22.4 Å². The summed E-state index contributed by atoms with van der Waals surface area (Å²) in [6.07, 6.45) is 3.59. The van der Waals surface area contributed by atoms with Crippen LogP contribution in [0.3, 0.4) is 0 Å². The minimum atomic E-state index is -3.54. The molecule has 1 heterocycles. The Hall–Kier alpha value is -0.230. The van der Waals surface area contributed by atoms with Crippen molar-refractivity contribution in [2.45, 2.75) is 44.5 Å². The van der Waals surface area contributed by atoms with E-state index in [4.69, 9.17) is 18.3 Å². The second-order valence-electron chi connectivity index (χ2n) is 4.74. The highest BCUT2D eigenvalue weighted by Crippen LogP contribution is 2.52. The normalized spacial score (nSPS) is 26.3. The van der Waals surface area contributed by atoms with Crippen LogP contribution < -0.4 is 0 Å². The molecule has 0 radical (unpaired) electrons. The highest BCUT2D eigenvalue weighted by Gasteiger charge is 2.35. The monoisotopic (exact) mass is 320 g/mol. The van der Waals surface area contributed by atoms with Gasteiger partial charge in [0.25, 0.3) is 0 Å². The topological polar surface area (TPSA) is 54.0 Å². The second kappa shape index (κ2) is 7.69. The number of thiophene rings is 1. The summed E-state index contributed by atoms with van der Waals surface area (Å²) >= 11 is 1.57. The molecule has 1 saturated carbocycles. The predicted molar refractivity (Wildman–Crippen MR) is 77.9 cm³/mol. The Morgan fingerprint density at radius 3 is 2.65 bits per heavy atom. The van der Waals surface area contributed by atoms with Crippen LogP contribution in [0.5, 0.6) is 0 Å². The highest BCUT2D eigenvalue weighted by molar-refractivity contribution is 7.48. The third-order valence-electron chi connectivity index (χ3n) is 3.40. The first kappa shape index (κ1) is 16.1. The summed E-state index contributed by atoms with van der Waals surface area (Å²) in [6.45, 7) is 0.221. The van der Waals surface area contributed by atoms with E-state index in [2.05, 4.69) is 0 Å².